The smallest absolute Gasteiger partial charge is 0.259 e. The minimum Gasteiger partial charge on any atom is -0.296 e. The lowest BCUT2D eigenvalue weighted by molar-refractivity contribution is 0.102. The molecule has 0 spiro atoms. The first-order valence-corrected chi connectivity index (χ1v) is 7.23. The summed E-state index contributed by atoms with van der Waals surface area (Å²) < 4.78 is 0. The number of aromatic nitrogens is 3. The van der Waals surface area contributed by atoms with Crippen LogP contribution in [0, 0.1) is 0 Å². The van der Waals surface area contributed by atoms with Crippen LogP contribution < -0.4 is 5.32 Å². The first-order valence-electron chi connectivity index (χ1n) is 6.04. The molecule has 0 saturated carbocycles. The van der Waals surface area contributed by atoms with E-state index in [1.807, 2.05) is 30.3 Å². The maximum atomic E-state index is 12.0. The third-order valence-electron chi connectivity index (χ3n) is 2.66. The minimum absolute atomic E-state index is 0.296. The van der Waals surface area contributed by atoms with Gasteiger partial charge in [0, 0.05) is 11.8 Å². The van der Waals surface area contributed by atoms with E-state index in [-0.39, 0.29) is 5.91 Å². The molecule has 2 heterocycles. The Kier molecular flexibility index (Phi) is 3.89. The van der Waals surface area contributed by atoms with Crippen molar-refractivity contribution in [3.8, 4) is 10.6 Å². The van der Waals surface area contributed by atoms with Crippen molar-refractivity contribution < 1.29 is 4.79 Å². The van der Waals surface area contributed by atoms with E-state index in [4.69, 9.17) is 11.6 Å². The number of amides is 1. The molecule has 7 heteroatoms. The summed E-state index contributed by atoms with van der Waals surface area (Å²) in [5, 5.41) is 12.3. The number of halogens is 1. The van der Waals surface area contributed by atoms with Crippen LogP contribution in [0.1, 0.15) is 10.4 Å². The number of pyridine rings is 1. The van der Waals surface area contributed by atoms with Gasteiger partial charge in [-0.05, 0) is 12.1 Å². The molecule has 0 saturated heterocycles. The van der Waals surface area contributed by atoms with Crippen molar-refractivity contribution in [2.75, 3.05) is 5.32 Å². The number of hydrogen-bond donors (Lipinski definition) is 1. The van der Waals surface area contributed by atoms with Crippen LogP contribution in [0.15, 0.2) is 48.7 Å². The highest BCUT2D eigenvalue weighted by molar-refractivity contribution is 7.18. The van der Waals surface area contributed by atoms with Gasteiger partial charge in [0.2, 0.25) is 5.13 Å². The van der Waals surface area contributed by atoms with E-state index in [2.05, 4.69) is 20.5 Å². The lowest BCUT2D eigenvalue weighted by Crippen LogP contribution is -2.11. The summed E-state index contributed by atoms with van der Waals surface area (Å²) in [6, 6.07) is 12.8. The molecule has 0 unspecified atom stereocenters. The predicted octanol–water partition coefficient (Wildman–Crippen LogP) is 3.51. The molecule has 0 fully saturated rings. The number of carbonyl (C=O) groups is 1. The Morgan fingerprint density at radius 1 is 1.10 bits per heavy atom. The number of nitrogens with zero attached hydrogens (tertiary/aromatic N) is 3. The van der Waals surface area contributed by atoms with E-state index >= 15 is 0 Å². The molecule has 104 valence electrons. The first kappa shape index (κ1) is 13.7. The molecule has 0 radical (unpaired) electrons. The van der Waals surface area contributed by atoms with Crippen molar-refractivity contribution in [2.45, 2.75) is 0 Å². The summed E-state index contributed by atoms with van der Waals surface area (Å²) in [5.74, 6) is -0.296. The van der Waals surface area contributed by atoms with Crippen molar-refractivity contribution >= 4 is 34.0 Å². The second kappa shape index (κ2) is 5.99. The van der Waals surface area contributed by atoms with Crippen LogP contribution in [0.5, 0.6) is 0 Å². The molecule has 3 aromatic rings. The van der Waals surface area contributed by atoms with E-state index in [0.29, 0.717) is 15.8 Å². The van der Waals surface area contributed by atoms with Gasteiger partial charge in [0.25, 0.3) is 5.91 Å². The topological polar surface area (TPSA) is 67.8 Å². The fourth-order valence-electron chi connectivity index (χ4n) is 1.65. The van der Waals surface area contributed by atoms with Gasteiger partial charge < -0.3 is 0 Å². The molecule has 1 aromatic carbocycles. The average molecular weight is 317 g/mol. The first-order chi connectivity index (χ1) is 10.2. The maximum absolute atomic E-state index is 12.0. The van der Waals surface area contributed by atoms with Gasteiger partial charge in [-0.3, -0.25) is 10.1 Å². The zero-order valence-electron chi connectivity index (χ0n) is 10.7. The molecule has 2 aromatic heterocycles. The normalized spacial score (nSPS) is 10.3. The van der Waals surface area contributed by atoms with Gasteiger partial charge in [-0.15, -0.1) is 10.2 Å². The second-order valence-corrected chi connectivity index (χ2v) is 5.47. The van der Waals surface area contributed by atoms with Crippen LogP contribution in [0.3, 0.4) is 0 Å². The zero-order chi connectivity index (χ0) is 14.7. The summed E-state index contributed by atoms with van der Waals surface area (Å²) in [6.45, 7) is 0. The van der Waals surface area contributed by atoms with Crippen LogP contribution in [-0.4, -0.2) is 21.1 Å². The van der Waals surface area contributed by atoms with Crippen molar-refractivity contribution in [3.05, 3.63) is 59.4 Å². The molecule has 0 bridgehead atoms. The highest BCUT2D eigenvalue weighted by Crippen LogP contribution is 2.26. The molecule has 1 amide bonds. The zero-order valence-corrected chi connectivity index (χ0v) is 12.2. The highest BCUT2D eigenvalue weighted by atomic mass is 35.5. The number of anilines is 1. The fourth-order valence-corrected chi connectivity index (χ4v) is 2.51. The lowest BCUT2D eigenvalue weighted by atomic mass is 10.2. The molecule has 0 aliphatic rings. The molecule has 0 atom stereocenters. The molecule has 1 N–H and O–H groups in total. The summed E-state index contributed by atoms with van der Waals surface area (Å²) in [6.07, 6.45) is 1.41. The van der Waals surface area contributed by atoms with Gasteiger partial charge in [-0.25, -0.2) is 4.98 Å². The number of rotatable bonds is 3. The van der Waals surface area contributed by atoms with Gasteiger partial charge >= 0.3 is 0 Å². The Labute approximate surface area is 129 Å². The minimum atomic E-state index is -0.296. The Morgan fingerprint density at radius 2 is 1.90 bits per heavy atom. The fraction of sp³-hybridized carbons (Fsp3) is 0. The molecule has 21 heavy (non-hydrogen) atoms. The summed E-state index contributed by atoms with van der Waals surface area (Å²) in [4.78, 5) is 15.9. The summed E-state index contributed by atoms with van der Waals surface area (Å²) in [5.41, 5.74) is 1.37. The highest BCUT2D eigenvalue weighted by Gasteiger charge is 2.11. The van der Waals surface area contributed by atoms with Gasteiger partial charge in [0.15, 0.2) is 0 Å². The molecule has 3 rings (SSSR count). The predicted molar refractivity (Wildman–Crippen MR) is 82.5 cm³/mol. The Balaban J connectivity index is 1.75. The monoisotopic (exact) mass is 316 g/mol. The Morgan fingerprint density at radius 3 is 2.62 bits per heavy atom. The summed E-state index contributed by atoms with van der Waals surface area (Å²) >= 11 is 7.00. The number of benzene rings is 1. The number of nitrogens with one attached hydrogen (secondary N) is 1. The molecule has 0 aliphatic carbocycles. The quantitative estimate of drug-likeness (QED) is 0.751. The van der Waals surface area contributed by atoms with E-state index in [0.717, 1.165) is 10.6 Å². The van der Waals surface area contributed by atoms with Gasteiger partial charge in [0.05, 0.1) is 5.56 Å². The van der Waals surface area contributed by atoms with Crippen LogP contribution in [-0.2, 0) is 0 Å². The van der Waals surface area contributed by atoms with Crippen LogP contribution in [0.4, 0.5) is 5.13 Å². The van der Waals surface area contributed by atoms with Crippen molar-refractivity contribution in [1.82, 2.24) is 15.2 Å². The molecule has 0 aliphatic heterocycles. The van der Waals surface area contributed by atoms with Gasteiger partial charge in [-0.2, -0.15) is 0 Å². The largest absolute Gasteiger partial charge is 0.296 e. The molecule has 5 nitrogen and oxygen atoms in total. The van der Waals surface area contributed by atoms with Gasteiger partial charge in [-0.1, -0.05) is 53.3 Å². The SMILES string of the molecule is O=C(Nc1nnc(-c2ccccc2)s1)c1ccc(Cl)nc1. The third-order valence-corrected chi connectivity index (χ3v) is 3.77. The number of hydrogen-bond acceptors (Lipinski definition) is 5. The van der Waals surface area contributed by atoms with Crippen LogP contribution >= 0.6 is 22.9 Å². The lowest BCUT2D eigenvalue weighted by Gasteiger charge is -2.00. The number of carbonyl (C=O) groups excluding carboxylic acids is 1. The maximum Gasteiger partial charge on any atom is 0.259 e. The molecular weight excluding hydrogens is 308 g/mol. The third kappa shape index (κ3) is 3.24. The standard InChI is InChI=1S/C14H9ClN4OS/c15-11-7-6-10(8-16-11)12(20)17-14-19-18-13(21-14)9-4-2-1-3-5-9/h1-8H,(H,17,19,20). The van der Waals surface area contributed by atoms with Gasteiger partial charge in [0.1, 0.15) is 10.2 Å². The summed E-state index contributed by atoms with van der Waals surface area (Å²) in [7, 11) is 0. The van der Waals surface area contributed by atoms with Crippen LogP contribution in [0.25, 0.3) is 10.6 Å². The van der Waals surface area contributed by atoms with E-state index in [1.165, 1.54) is 17.5 Å². The Bertz CT molecular complexity index is 758. The van der Waals surface area contributed by atoms with Crippen molar-refractivity contribution in [3.63, 3.8) is 0 Å². The second-order valence-electron chi connectivity index (χ2n) is 4.10. The van der Waals surface area contributed by atoms with Crippen molar-refractivity contribution in [2.24, 2.45) is 0 Å². The Hall–Kier alpha value is -2.31. The van der Waals surface area contributed by atoms with E-state index in [9.17, 15) is 4.79 Å². The average Bonchev–Trinajstić information content (AvgIpc) is 2.97. The van der Waals surface area contributed by atoms with E-state index < -0.39 is 0 Å². The van der Waals surface area contributed by atoms with Crippen molar-refractivity contribution in [1.29, 1.82) is 0 Å². The van der Waals surface area contributed by atoms with E-state index in [1.54, 1.807) is 12.1 Å². The molecular formula is C14H9ClN4OS. The van der Waals surface area contributed by atoms with Crippen LogP contribution in [0.2, 0.25) is 5.15 Å².